The molecular weight excluding hydrogens is 368 g/mol. The molecule has 1 fully saturated rings. The predicted octanol–water partition coefficient (Wildman–Crippen LogP) is 0.489. The van der Waals surface area contributed by atoms with Gasteiger partial charge in [0.15, 0.2) is 0 Å². The molecule has 1 unspecified atom stereocenters. The van der Waals surface area contributed by atoms with Crippen LogP contribution in [-0.2, 0) is 4.74 Å². The Hall–Kier alpha value is -2.62. The van der Waals surface area contributed by atoms with E-state index in [4.69, 9.17) is 4.74 Å². The topological polar surface area (TPSA) is 151 Å². The average Bonchev–Trinajstić information content (AvgIpc) is 2.66. The van der Waals surface area contributed by atoms with Gasteiger partial charge in [0.25, 0.3) is 0 Å². The van der Waals surface area contributed by atoms with Crippen LogP contribution in [0, 0.1) is 0 Å². The summed E-state index contributed by atoms with van der Waals surface area (Å²) >= 11 is 0. The van der Waals surface area contributed by atoms with E-state index in [-0.39, 0.29) is 22.8 Å². The van der Waals surface area contributed by atoms with Gasteiger partial charge in [0.1, 0.15) is 47.8 Å². The molecule has 7 N–H and O–H groups in total. The van der Waals surface area contributed by atoms with Crippen LogP contribution in [0.2, 0.25) is 0 Å². The Kier molecular flexibility index (Phi) is 5.87. The lowest BCUT2D eigenvalue weighted by Gasteiger charge is -2.40. The van der Waals surface area contributed by atoms with Gasteiger partial charge in [-0.2, -0.15) is 0 Å². The maximum atomic E-state index is 10.4. The second-order valence-corrected chi connectivity index (χ2v) is 6.64. The number of ether oxygens (including phenoxy) is 1. The predicted molar refractivity (Wildman–Crippen MR) is 99.5 cm³/mol. The molecule has 0 saturated carbocycles. The van der Waals surface area contributed by atoms with Gasteiger partial charge in [0.05, 0.1) is 6.61 Å². The molecule has 1 saturated heterocycles. The van der Waals surface area contributed by atoms with Crippen molar-refractivity contribution in [2.75, 3.05) is 6.61 Å². The molecule has 1 aliphatic heterocycles. The van der Waals surface area contributed by atoms with E-state index in [2.05, 4.69) is 0 Å². The summed E-state index contributed by atoms with van der Waals surface area (Å²) in [5, 5.41) is 69.3. The molecule has 0 bridgehead atoms. The minimum atomic E-state index is -1.60. The lowest BCUT2D eigenvalue weighted by Crippen LogP contribution is -2.55. The van der Waals surface area contributed by atoms with Crippen LogP contribution in [0.25, 0.3) is 12.2 Å². The molecule has 0 radical (unpaired) electrons. The van der Waals surface area contributed by atoms with Crippen LogP contribution >= 0.6 is 0 Å². The van der Waals surface area contributed by atoms with Gasteiger partial charge in [0, 0.05) is 11.6 Å². The molecule has 28 heavy (non-hydrogen) atoms. The highest BCUT2D eigenvalue weighted by atomic mass is 16.5. The number of aromatic hydroxyl groups is 3. The van der Waals surface area contributed by atoms with Crippen LogP contribution in [0.3, 0.4) is 0 Å². The highest BCUT2D eigenvalue weighted by Gasteiger charge is 2.45. The van der Waals surface area contributed by atoms with Gasteiger partial charge in [-0.15, -0.1) is 0 Å². The largest absolute Gasteiger partial charge is 0.508 e. The number of benzene rings is 2. The third-order valence-corrected chi connectivity index (χ3v) is 4.70. The van der Waals surface area contributed by atoms with Crippen LogP contribution in [0.4, 0.5) is 0 Å². The van der Waals surface area contributed by atoms with Crippen LogP contribution in [0.5, 0.6) is 17.2 Å². The number of phenolic OH excluding ortho intramolecular Hbond substituents is 3. The monoisotopic (exact) mass is 390 g/mol. The second kappa shape index (κ2) is 8.17. The Morgan fingerprint density at radius 3 is 2.14 bits per heavy atom. The van der Waals surface area contributed by atoms with Crippen molar-refractivity contribution in [2.24, 2.45) is 0 Å². The van der Waals surface area contributed by atoms with Crippen LogP contribution in [0.1, 0.15) is 22.8 Å². The van der Waals surface area contributed by atoms with Crippen molar-refractivity contribution >= 4 is 12.2 Å². The molecule has 8 nitrogen and oxygen atoms in total. The fourth-order valence-electron chi connectivity index (χ4n) is 3.20. The highest BCUT2D eigenvalue weighted by Crippen LogP contribution is 2.41. The summed E-state index contributed by atoms with van der Waals surface area (Å²) < 4.78 is 5.53. The summed E-state index contributed by atoms with van der Waals surface area (Å²) in [6, 6.07) is 8.71. The molecule has 5 atom stereocenters. The lowest BCUT2D eigenvalue weighted by molar-refractivity contribution is -0.232. The van der Waals surface area contributed by atoms with Gasteiger partial charge in [0.2, 0.25) is 0 Å². The lowest BCUT2D eigenvalue weighted by atomic mass is 9.88. The van der Waals surface area contributed by atoms with E-state index in [1.54, 1.807) is 24.3 Å². The first-order chi connectivity index (χ1) is 13.3. The number of phenols is 3. The maximum Gasteiger partial charge on any atom is 0.125 e. The van der Waals surface area contributed by atoms with E-state index in [0.717, 1.165) is 11.6 Å². The Labute approximate surface area is 160 Å². The molecule has 0 aromatic heterocycles. The molecule has 0 spiro atoms. The molecule has 1 aliphatic rings. The normalized spacial score (nSPS) is 27.9. The van der Waals surface area contributed by atoms with E-state index in [1.165, 1.54) is 18.2 Å². The molecule has 0 amide bonds. The fourth-order valence-corrected chi connectivity index (χ4v) is 3.20. The first-order valence-electron chi connectivity index (χ1n) is 8.65. The van der Waals surface area contributed by atoms with Gasteiger partial charge in [-0.3, -0.25) is 0 Å². The zero-order valence-corrected chi connectivity index (χ0v) is 14.8. The van der Waals surface area contributed by atoms with Gasteiger partial charge in [-0.25, -0.2) is 0 Å². The highest BCUT2D eigenvalue weighted by molar-refractivity contribution is 5.74. The van der Waals surface area contributed by atoms with Crippen LogP contribution in [0.15, 0.2) is 36.4 Å². The van der Waals surface area contributed by atoms with E-state index < -0.39 is 37.1 Å². The second-order valence-electron chi connectivity index (χ2n) is 6.64. The molecular formula is C20H22O8. The van der Waals surface area contributed by atoms with E-state index in [0.29, 0.717) is 5.56 Å². The van der Waals surface area contributed by atoms with Gasteiger partial charge < -0.3 is 40.5 Å². The van der Waals surface area contributed by atoms with E-state index >= 15 is 0 Å². The SMILES string of the molecule is OC[C@H]1OC(c2c(O)cc(O)cc2/C=C/c2ccc(O)cc2)[C@H](O)[C@@H](O)[C@@H]1O. The van der Waals surface area contributed by atoms with Crippen molar-refractivity contribution in [3.63, 3.8) is 0 Å². The number of aliphatic hydroxyl groups excluding tert-OH is 4. The zero-order valence-electron chi connectivity index (χ0n) is 14.8. The van der Waals surface area contributed by atoms with Crippen LogP contribution in [-0.4, -0.2) is 66.8 Å². The minimum Gasteiger partial charge on any atom is -0.508 e. The number of hydrogen-bond donors (Lipinski definition) is 7. The van der Waals surface area contributed by atoms with Crippen molar-refractivity contribution in [2.45, 2.75) is 30.5 Å². The first kappa shape index (κ1) is 20.1. The van der Waals surface area contributed by atoms with Crippen LogP contribution < -0.4 is 0 Å². The third kappa shape index (κ3) is 3.96. The molecule has 0 aliphatic carbocycles. The molecule has 1 heterocycles. The number of rotatable bonds is 4. The molecule has 3 rings (SSSR count). The number of aliphatic hydroxyl groups is 4. The summed E-state index contributed by atoms with van der Waals surface area (Å²) in [6.07, 6.45) is -3.87. The number of hydrogen-bond acceptors (Lipinski definition) is 8. The summed E-state index contributed by atoms with van der Waals surface area (Å²) in [6.45, 7) is -0.598. The Balaban J connectivity index is 2.01. The van der Waals surface area contributed by atoms with Crippen molar-refractivity contribution in [1.29, 1.82) is 0 Å². The summed E-state index contributed by atoms with van der Waals surface area (Å²) in [5.41, 5.74) is 1.11. The zero-order chi connectivity index (χ0) is 20.4. The van der Waals surface area contributed by atoms with Crippen molar-refractivity contribution in [3.8, 4) is 17.2 Å². The summed E-state index contributed by atoms with van der Waals surface area (Å²) in [5.74, 6) is -0.500. The average molecular weight is 390 g/mol. The Morgan fingerprint density at radius 1 is 0.821 bits per heavy atom. The maximum absolute atomic E-state index is 10.4. The molecule has 150 valence electrons. The van der Waals surface area contributed by atoms with Crippen molar-refractivity contribution in [1.82, 2.24) is 0 Å². The molecule has 2 aromatic rings. The molecule has 2 aromatic carbocycles. The van der Waals surface area contributed by atoms with Crippen molar-refractivity contribution in [3.05, 3.63) is 53.1 Å². The smallest absolute Gasteiger partial charge is 0.125 e. The van der Waals surface area contributed by atoms with Gasteiger partial charge >= 0.3 is 0 Å². The van der Waals surface area contributed by atoms with E-state index in [9.17, 15) is 35.7 Å². The van der Waals surface area contributed by atoms with Gasteiger partial charge in [-0.1, -0.05) is 24.3 Å². The fraction of sp³-hybridized carbons (Fsp3) is 0.300. The Bertz CT molecular complexity index is 846. The Morgan fingerprint density at radius 2 is 1.50 bits per heavy atom. The summed E-state index contributed by atoms with van der Waals surface area (Å²) in [7, 11) is 0. The van der Waals surface area contributed by atoms with E-state index in [1.807, 2.05) is 0 Å². The third-order valence-electron chi connectivity index (χ3n) is 4.70. The quantitative estimate of drug-likeness (QED) is 0.373. The standard InChI is InChI=1S/C20H22O8/c21-9-15-17(25)18(26)19(27)20(28-15)16-11(7-13(23)8-14(16)24)4-1-10-2-5-12(22)6-3-10/h1-8,15,17-27H,9H2/b4-1+/t15-,17-,18+,19-,20?/m1/s1. The molecule has 8 heteroatoms. The minimum absolute atomic E-state index is 0.0877. The summed E-state index contributed by atoms with van der Waals surface area (Å²) in [4.78, 5) is 0. The van der Waals surface area contributed by atoms with Crippen molar-refractivity contribution < 1.29 is 40.5 Å². The first-order valence-corrected chi connectivity index (χ1v) is 8.65. The van der Waals surface area contributed by atoms with Gasteiger partial charge in [-0.05, 0) is 29.3 Å².